The Hall–Kier alpha value is -1.75. The third-order valence-corrected chi connectivity index (χ3v) is 7.30. The zero-order valence-corrected chi connectivity index (χ0v) is 16.9. The van der Waals surface area contributed by atoms with Crippen LogP contribution in [0.1, 0.15) is 31.1 Å². The summed E-state index contributed by atoms with van der Waals surface area (Å²) in [5.74, 6) is 1.06. The molecule has 5 nitrogen and oxygen atoms in total. The molecule has 0 saturated carbocycles. The van der Waals surface area contributed by atoms with Crippen molar-refractivity contribution in [3.8, 4) is 5.75 Å². The molecule has 0 fully saturated rings. The fourth-order valence-corrected chi connectivity index (χ4v) is 5.80. The highest BCUT2D eigenvalue weighted by Gasteiger charge is 2.28. The smallest absolute Gasteiger partial charge is 0.415 e. The number of para-hydroxylation sites is 2. The van der Waals surface area contributed by atoms with Crippen LogP contribution in [0.2, 0.25) is 0 Å². The van der Waals surface area contributed by atoms with Crippen LogP contribution in [0.25, 0.3) is 0 Å². The standard InChI is InChI=1S/C19H24NO4PS/c1-4-23-25(22,26-14-15(2)3)24-18-13-9-8-12-17(18)20-19(21)16-10-6-5-7-11-16/h5-13,15H,4,14H2,1-3H3,(H,20,21). The van der Waals surface area contributed by atoms with Gasteiger partial charge in [-0.1, -0.05) is 44.2 Å². The van der Waals surface area contributed by atoms with Crippen molar-refractivity contribution in [1.29, 1.82) is 0 Å². The quantitative estimate of drug-likeness (QED) is 0.541. The second kappa shape index (κ2) is 9.81. The third-order valence-electron chi connectivity index (χ3n) is 3.23. The highest BCUT2D eigenvalue weighted by molar-refractivity contribution is 8.55. The molecular formula is C19H24NO4PS. The Morgan fingerprint density at radius 3 is 2.42 bits per heavy atom. The van der Waals surface area contributed by atoms with E-state index in [0.29, 0.717) is 28.7 Å². The largest absolute Gasteiger partial charge is 0.440 e. The van der Waals surface area contributed by atoms with Gasteiger partial charge >= 0.3 is 6.80 Å². The van der Waals surface area contributed by atoms with Gasteiger partial charge in [-0.05, 0) is 48.5 Å². The van der Waals surface area contributed by atoms with E-state index in [2.05, 4.69) is 5.32 Å². The molecule has 2 aromatic carbocycles. The van der Waals surface area contributed by atoms with Gasteiger partial charge in [-0.15, -0.1) is 0 Å². The SMILES string of the molecule is CCOP(=O)(Oc1ccccc1NC(=O)c1ccccc1)SCC(C)C. The molecule has 0 heterocycles. The minimum Gasteiger partial charge on any atom is -0.415 e. The van der Waals surface area contributed by atoms with Crippen molar-refractivity contribution in [2.75, 3.05) is 17.7 Å². The molecule has 0 aliphatic heterocycles. The Bertz CT molecular complexity index is 767. The first-order valence-electron chi connectivity index (χ1n) is 8.47. The number of benzene rings is 2. The molecule has 1 unspecified atom stereocenters. The average molecular weight is 393 g/mol. The molecular weight excluding hydrogens is 369 g/mol. The lowest BCUT2D eigenvalue weighted by molar-refractivity contribution is 0.102. The summed E-state index contributed by atoms with van der Waals surface area (Å²) in [5, 5.41) is 2.81. The molecule has 0 radical (unpaired) electrons. The summed E-state index contributed by atoms with van der Waals surface area (Å²) < 4.78 is 24.2. The summed E-state index contributed by atoms with van der Waals surface area (Å²) in [5.41, 5.74) is 0.982. The van der Waals surface area contributed by atoms with Crippen molar-refractivity contribution in [1.82, 2.24) is 0 Å². The number of rotatable bonds is 9. The molecule has 1 N–H and O–H groups in total. The van der Waals surface area contributed by atoms with Crippen molar-refractivity contribution >= 4 is 29.8 Å². The molecule has 0 aliphatic rings. The maximum Gasteiger partial charge on any atom is 0.440 e. The number of anilines is 1. The maximum absolute atomic E-state index is 13.0. The fraction of sp³-hybridized carbons (Fsp3) is 0.316. The van der Waals surface area contributed by atoms with Gasteiger partial charge in [0.15, 0.2) is 5.75 Å². The summed E-state index contributed by atoms with van der Waals surface area (Å²) in [7, 11) is 0. The minimum absolute atomic E-state index is 0.261. The average Bonchev–Trinajstić information content (AvgIpc) is 2.63. The Labute approximate surface area is 158 Å². The van der Waals surface area contributed by atoms with Gasteiger partial charge in [0.05, 0.1) is 12.3 Å². The number of amides is 1. The van der Waals surface area contributed by atoms with E-state index in [1.165, 1.54) is 11.4 Å². The maximum atomic E-state index is 13.0. The normalized spacial score (nSPS) is 13.2. The molecule has 2 rings (SSSR count). The van der Waals surface area contributed by atoms with Crippen molar-refractivity contribution in [3.63, 3.8) is 0 Å². The first kappa shape index (κ1) is 20.6. The molecule has 0 aromatic heterocycles. The topological polar surface area (TPSA) is 64.6 Å². The molecule has 7 heteroatoms. The Morgan fingerprint density at radius 1 is 1.12 bits per heavy atom. The Balaban J connectivity index is 2.19. The lowest BCUT2D eigenvalue weighted by Gasteiger charge is -2.20. The van der Waals surface area contributed by atoms with E-state index >= 15 is 0 Å². The van der Waals surface area contributed by atoms with Crippen LogP contribution >= 0.6 is 18.2 Å². The van der Waals surface area contributed by atoms with E-state index in [1.807, 2.05) is 19.9 Å². The summed E-state index contributed by atoms with van der Waals surface area (Å²) in [4.78, 5) is 12.4. The van der Waals surface area contributed by atoms with E-state index in [1.54, 1.807) is 55.5 Å². The van der Waals surface area contributed by atoms with E-state index in [4.69, 9.17) is 9.05 Å². The second-order valence-electron chi connectivity index (χ2n) is 5.96. The van der Waals surface area contributed by atoms with Crippen molar-refractivity contribution in [3.05, 3.63) is 60.2 Å². The van der Waals surface area contributed by atoms with Gasteiger partial charge in [0, 0.05) is 11.3 Å². The zero-order valence-electron chi connectivity index (χ0n) is 15.2. The van der Waals surface area contributed by atoms with Crippen LogP contribution in [-0.2, 0) is 9.09 Å². The predicted molar refractivity (Wildman–Crippen MR) is 108 cm³/mol. The Morgan fingerprint density at radius 2 is 1.77 bits per heavy atom. The predicted octanol–water partition coefficient (Wildman–Crippen LogP) is 5.85. The Kier molecular flexibility index (Phi) is 7.76. The third kappa shape index (κ3) is 6.20. The number of carbonyl (C=O) groups excluding carboxylic acids is 1. The van der Waals surface area contributed by atoms with Gasteiger partial charge in [0.1, 0.15) is 0 Å². The van der Waals surface area contributed by atoms with Gasteiger partial charge in [-0.25, -0.2) is 4.57 Å². The van der Waals surface area contributed by atoms with Crippen LogP contribution in [0.5, 0.6) is 5.75 Å². The number of hydrogen-bond acceptors (Lipinski definition) is 5. The van der Waals surface area contributed by atoms with E-state index in [9.17, 15) is 9.36 Å². The van der Waals surface area contributed by atoms with Crippen molar-refractivity contribution in [2.24, 2.45) is 5.92 Å². The van der Waals surface area contributed by atoms with E-state index < -0.39 is 6.80 Å². The molecule has 26 heavy (non-hydrogen) atoms. The van der Waals surface area contributed by atoms with Gasteiger partial charge in [-0.2, -0.15) is 0 Å². The molecule has 1 atom stereocenters. The van der Waals surface area contributed by atoms with Gasteiger partial charge in [0.2, 0.25) is 0 Å². The lowest BCUT2D eigenvalue weighted by Crippen LogP contribution is -2.12. The van der Waals surface area contributed by atoms with E-state index in [0.717, 1.165) is 0 Å². The van der Waals surface area contributed by atoms with Crippen LogP contribution in [0.15, 0.2) is 54.6 Å². The highest BCUT2D eigenvalue weighted by atomic mass is 32.7. The number of carbonyl (C=O) groups is 1. The number of nitrogens with one attached hydrogen (secondary N) is 1. The fourth-order valence-electron chi connectivity index (χ4n) is 2.04. The molecule has 0 aliphatic carbocycles. The molecule has 2 aromatic rings. The van der Waals surface area contributed by atoms with Gasteiger partial charge < -0.3 is 9.84 Å². The molecule has 0 saturated heterocycles. The van der Waals surface area contributed by atoms with Crippen molar-refractivity contribution in [2.45, 2.75) is 20.8 Å². The monoisotopic (exact) mass is 393 g/mol. The van der Waals surface area contributed by atoms with Crippen LogP contribution in [0.4, 0.5) is 5.69 Å². The van der Waals surface area contributed by atoms with Crippen LogP contribution < -0.4 is 9.84 Å². The van der Waals surface area contributed by atoms with E-state index in [-0.39, 0.29) is 12.5 Å². The van der Waals surface area contributed by atoms with Gasteiger partial charge in [0.25, 0.3) is 5.91 Å². The second-order valence-corrected chi connectivity index (χ2v) is 10.0. The highest BCUT2D eigenvalue weighted by Crippen LogP contribution is 2.61. The molecule has 140 valence electrons. The summed E-state index contributed by atoms with van der Waals surface area (Å²) in [6.07, 6.45) is 0. The summed E-state index contributed by atoms with van der Waals surface area (Å²) in [6, 6.07) is 15.8. The van der Waals surface area contributed by atoms with Crippen molar-refractivity contribution < 1.29 is 18.4 Å². The van der Waals surface area contributed by atoms with Gasteiger partial charge in [-0.3, -0.25) is 9.32 Å². The minimum atomic E-state index is -3.37. The zero-order chi connectivity index (χ0) is 19.0. The van der Waals surface area contributed by atoms with Crippen LogP contribution in [0.3, 0.4) is 0 Å². The first-order valence-corrected chi connectivity index (χ1v) is 11.6. The molecule has 0 spiro atoms. The van der Waals surface area contributed by atoms with Crippen LogP contribution in [0, 0.1) is 5.92 Å². The molecule has 1 amide bonds. The summed E-state index contributed by atoms with van der Waals surface area (Å²) >= 11 is 1.17. The molecule has 0 bridgehead atoms. The lowest BCUT2D eigenvalue weighted by atomic mass is 10.2. The first-order chi connectivity index (χ1) is 12.4. The number of hydrogen-bond donors (Lipinski definition) is 1. The van der Waals surface area contributed by atoms with Crippen LogP contribution in [-0.4, -0.2) is 18.3 Å². The summed E-state index contributed by atoms with van der Waals surface area (Å²) in [6.45, 7) is 2.76.